The van der Waals surface area contributed by atoms with Gasteiger partial charge in [-0.3, -0.25) is 0 Å². The Hall–Kier alpha value is -1.84. The Morgan fingerprint density at radius 1 is 1.17 bits per heavy atom. The van der Waals surface area contributed by atoms with Gasteiger partial charge < -0.3 is 9.63 Å². The van der Waals surface area contributed by atoms with Crippen LogP contribution in [0.2, 0.25) is 0 Å². The van der Waals surface area contributed by atoms with Crippen molar-refractivity contribution in [3.05, 3.63) is 30.5 Å². The highest BCUT2D eigenvalue weighted by atomic mass is 16.5. The monoisotopic (exact) mass is 162 g/mol. The molecule has 4 nitrogen and oxygen atoms in total. The Bertz CT molecular complexity index is 353. The Kier molecular flexibility index (Phi) is 1.51. The zero-order valence-electron chi connectivity index (χ0n) is 6.14. The largest absolute Gasteiger partial charge is 0.508 e. The number of nitrogens with zero attached hydrogens (tertiary/aromatic N) is 2. The molecule has 2 aromatic rings. The lowest BCUT2D eigenvalue weighted by Gasteiger charge is -1.93. The van der Waals surface area contributed by atoms with Gasteiger partial charge in [0.1, 0.15) is 11.4 Å². The van der Waals surface area contributed by atoms with Gasteiger partial charge in [-0.25, -0.2) is 0 Å². The predicted molar refractivity (Wildman–Crippen MR) is 41.4 cm³/mol. The van der Waals surface area contributed by atoms with Crippen LogP contribution in [0.4, 0.5) is 0 Å². The molecule has 0 radical (unpaired) electrons. The maximum absolute atomic E-state index is 8.99. The summed E-state index contributed by atoms with van der Waals surface area (Å²) in [5.41, 5.74) is 1.53. The van der Waals surface area contributed by atoms with Crippen LogP contribution in [0.5, 0.6) is 5.75 Å². The predicted octanol–water partition coefficient (Wildman–Crippen LogP) is 1.44. The fourth-order valence-electron chi connectivity index (χ4n) is 0.923. The summed E-state index contributed by atoms with van der Waals surface area (Å²) in [6, 6.07) is 6.66. The van der Waals surface area contributed by atoms with Gasteiger partial charge in [0.2, 0.25) is 0 Å². The van der Waals surface area contributed by atoms with Crippen molar-refractivity contribution >= 4 is 0 Å². The van der Waals surface area contributed by atoms with E-state index in [-0.39, 0.29) is 5.75 Å². The van der Waals surface area contributed by atoms with Crippen molar-refractivity contribution in [2.45, 2.75) is 0 Å². The number of phenolic OH excluding ortho intramolecular Hbond substituents is 1. The molecule has 0 saturated heterocycles. The number of aromatic nitrogens is 2. The first-order chi connectivity index (χ1) is 5.86. The van der Waals surface area contributed by atoms with E-state index in [1.807, 2.05) is 0 Å². The number of aromatic hydroxyl groups is 1. The van der Waals surface area contributed by atoms with Crippen LogP contribution in [0.25, 0.3) is 11.3 Å². The molecule has 4 heteroatoms. The lowest BCUT2D eigenvalue weighted by molar-refractivity contribution is 0.393. The lowest BCUT2D eigenvalue weighted by atomic mass is 10.2. The van der Waals surface area contributed by atoms with E-state index in [0.29, 0.717) is 5.69 Å². The van der Waals surface area contributed by atoms with Gasteiger partial charge in [-0.1, -0.05) is 0 Å². The maximum atomic E-state index is 8.99. The molecule has 12 heavy (non-hydrogen) atoms. The number of hydrogen-bond acceptors (Lipinski definition) is 4. The second-order valence-electron chi connectivity index (χ2n) is 2.34. The fraction of sp³-hybridized carbons (Fsp3) is 0. The molecule has 60 valence electrons. The molecule has 1 aromatic heterocycles. The number of hydrogen-bond donors (Lipinski definition) is 1. The van der Waals surface area contributed by atoms with Gasteiger partial charge in [-0.15, -0.1) is 5.10 Å². The van der Waals surface area contributed by atoms with Gasteiger partial charge in [-0.05, 0) is 24.3 Å². The maximum Gasteiger partial charge on any atom is 0.152 e. The van der Waals surface area contributed by atoms with Crippen molar-refractivity contribution in [3.8, 4) is 17.0 Å². The quantitative estimate of drug-likeness (QED) is 0.689. The summed E-state index contributed by atoms with van der Waals surface area (Å²) < 4.78 is 4.58. The third kappa shape index (κ3) is 1.14. The van der Waals surface area contributed by atoms with Gasteiger partial charge in [0.15, 0.2) is 6.26 Å². The van der Waals surface area contributed by atoms with Crippen LogP contribution in [0, 0.1) is 0 Å². The summed E-state index contributed by atoms with van der Waals surface area (Å²) >= 11 is 0. The number of phenols is 1. The second kappa shape index (κ2) is 2.65. The minimum atomic E-state index is 0.232. The first-order valence-electron chi connectivity index (χ1n) is 3.43. The van der Waals surface area contributed by atoms with E-state index in [4.69, 9.17) is 5.11 Å². The van der Waals surface area contributed by atoms with E-state index in [1.54, 1.807) is 24.3 Å². The fourth-order valence-corrected chi connectivity index (χ4v) is 0.923. The first kappa shape index (κ1) is 6.84. The van der Waals surface area contributed by atoms with Gasteiger partial charge in [0.25, 0.3) is 0 Å². The number of rotatable bonds is 1. The Morgan fingerprint density at radius 2 is 1.92 bits per heavy atom. The highest BCUT2D eigenvalue weighted by Crippen LogP contribution is 2.18. The summed E-state index contributed by atoms with van der Waals surface area (Å²) in [4.78, 5) is 0. The molecule has 0 aliphatic carbocycles. The minimum Gasteiger partial charge on any atom is -0.508 e. The highest BCUT2D eigenvalue weighted by molar-refractivity contribution is 5.57. The van der Waals surface area contributed by atoms with Crippen molar-refractivity contribution in [1.29, 1.82) is 0 Å². The smallest absolute Gasteiger partial charge is 0.152 e. The summed E-state index contributed by atoms with van der Waals surface area (Å²) in [5, 5.41) is 16.0. The van der Waals surface area contributed by atoms with Crippen molar-refractivity contribution in [1.82, 2.24) is 10.4 Å². The summed E-state index contributed by atoms with van der Waals surface area (Å²) in [6.07, 6.45) is 1.45. The van der Waals surface area contributed by atoms with E-state index in [2.05, 4.69) is 14.9 Å². The van der Waals surface area contributed by atoms with Crippen molar-refractivity contribution in [3.63, 3.8) is 0 Å². The Morgan fingerprint density at radius 3 is 2.50 bits per heavy atom. The molecule has 0 amide bonds. The van der Waals surface area contributed by atoms with Crippen LogP contribution < -0.4 is 0 Å². The van der Waals surface area contributed by atoms with E-state index in [1.165, 1.54) is 6.26 Å². The first-order valence-corrected chi connectivity index (χ1v) is 3.43. The van der Waals surface area contributed by atoms with Crippen LogP contribution in [0.1, 0.15) is 0 Å². The third-order valence-electron chi connectivity index (χ3n) is 1.52. The molecule has 1 aromatic carbocycles. The van der Waals surface area contributed by atoms with Crippen molar-refractivity contribution in [2.24, 2.45) is 0 Å². The van der Waals surface area contributed by atoms with E-state index in [0.717, 1.165) is 5.56 Å². The molecule has 0 aliphatic heterocycles. The second-order valence-corrected chi connectivity index (χ2v) is 2.34. The molecule has 0 unspecified atom stereocenters. The van der Waals surface area contributed by atoms with Crippen LogP contribution in [-0.4, -0.2) is 15.5 Å². The standard InChI is InChI=1S/C8H6N2O2/c11-7-3-1-6(2-4-7)8-5-12-10-9-8/h1-5,11H. The molecule has 2 rings (SSSR count). The molecule has 1 heterocycles. The molecule has 0 spiro atoms. The number of benzene rings is 1. The SMILES string of the molecule is Oc1ccc(-c2conn2)cc1. The van der Waals surface area contributed by atoms with E-state index < -0.39 is 0 Å². The molecule has 0 fully saturated rings. The van der Waals surface area contributed by atoms with Crippen molar-refractivity contribution < 1.29 is 9.63 Å². The molecule has 0 atom stereocenters. The molecule has 1 N–H and O–H groups in total. The summed E-state index contributed by atoms with van der Waals surface area (Å²) in [6.45, 7) is 0. The Labute approximate surface area is 68.4 Å². The average molecular weight is 162 g/mol. The van der Waals surface area contributed by atoms with Crippen LogP contribution in [0.15, 0.2) is 35.1 Å². The van der Waals surface area contributed by atoms with Gasteiger partial charge >= 0.3 is 0 Å². The van der Waals surface area contributed by atoms with Crippen LogP contribution >= 0.6 is 0 Å². The van der Waals surface area contributed by atoms with Crippen LogP contribution in [0.3, 0.4) is 0 Å². The molecule has 0 saturated carbocycles. The van der Waals surface area contributed by atoms with Gasteiger partial charge in [0, 0.05) is 10.8 Å². The third-order valence-corrected chi connectivity index (χ3v) is 1.52. The molecular formula is C8H6N2O2. The molecular weight excluding hydrogens is 156 g/mol. The van der Waals surface area contributed by atoms with Gasteiger partial charge in [-0.2, -0.15) is 0 Å². The Balaban J connectivity index is 2.43. The topological polar surface area (TPSA) is 59.2 Å². The van der Waals surface area contributed by atoms with Gasteiger partial charge in [0.05, 0.1) is 0 Å². The minimum absolute atomic E-state index is 0.232. The van der Waals surface area contributed by atoms with E-state index >= 15 is 0 Å². The molecule has 0 aliphatic rings. The van der Waals surface area contributed by atoms with E-state index in [9.17, 15) is 0 Å². The zero-order valence-corrected chi connectivity index (χ0v) is 6.14. The highest BCUT2D eigenvalue weighted by Gasteiger charge is 2.00. The van der Waals surface area contributed by atoms with Crippen molar-refractivity contribution in [2.75, 3.05) is 0 Å². The zero-order chi connectivity index (χ0) is 8.39. The average Bonchev–Trinajstić information content (AvgIpc) is 2.58. The van der Waals surface area contributed by atoms with Crippen LogP contribution in [-0.2, 0) is 0 Å². The summed E-state index contributed by atoms with van der Waals surface area (Å²) in [7, 11) is 0. The molecule has 0 bridgehead atoms. The lowest BCUT2D eigenvalue weighted by Crippen LogP contribution is -1.76. The normalized spacial score (nSPS) is 10.0. The summed E-state index contributed by atoms with van der Waals surface area (Å²) in [5.74, 6) is 0.232.